The Kier molecular flexibility index (Phi) is 5.03. The van der Waals surface area contributed by atoms with E-state index in [2.05, 4.69) is 15.4 Å². The van der Waals surface area contributed by atoms with Gasteiger partial charge < -0.3 is 10.1 Å². The molecule has 0 spiro atoms. The minimum Gasteiger partial charge on any atom is -0.465 e. The second kappa shape index (κ2) is 7.93. The molecule has 2 aromatic carbocycles. The Bertz CT molecular complexity index is 1190. The molecule has 0 atom stereocenters. The number of methoxy groups -OCH3 is 1. The van der Waals surface area contributed by atoms with Crippen molar-refractivity contribution in [2.45, 2.75) is 6.54 Å². The quantitative estimate of drug-likeness (QED) is 0.531. The van der Waals surface area contributed by atoms with Gasteiger partial charge in [-0.1, -0.05) is 36.4 Å². The predicted molar refractivity (Wildman–Crippen MR) is 109 cm³/mol. The summed E-state index contributed by atoms with van der Waals surface area (Å²) in [5, 5.41) is 7.94. The molecule has 0 bridgehead atoms. The van der Waals surface area contributed by atoms with Crippen LogP contribution in [0.25, 0.3) is 11.0 Å². The van der Waals surface area contributed by atoms with E-state index in [1.807, 2.05) is 30.3 Å². The number of fused-ring (bicyclic) bond motifs is 1. The lowest BCUT2D eigenvalue weighted by Gasteiger charge is -2.07. The minimum atomic E-state index is -0.463. The molecule has 144 valence electrons. The number of amides is 1. The van der Waals surface area contributed by atoms with Crippen LogP contribution in [0, 0.1) is 0 Å². The standard InChI is InChI=1S/C22H18N4O3/c1-29-22(28)16-8-5-9-19(11-16)25-21(27)18-10-17-13-24-26(20(17)23-12-18)14-15-6-3-2-4-7-15/h2-13H,14H2,1H3,(H,25,27). The van der Waals surface area contributed by atoms with Gasteiger partial charge in [0, 0.05) is 17.3 Å². The van der Waals surface area contributed by atoms with E-state index in [1.54, 1.807) is 41.2 Å². The van der Waals surface area contributed by atoms with Crippen molar-refractivity contribution in [2.75, 3.05) is 12.4 Å². The van der Waals surface area contributed by atoms with E-state index < -0.39 is 5.97 Å². The molecular formula is C22H18N4O3. The molecule has 1 amide bonds. The van der Waals surface area contributed by atoms with Crippen LogP contribution in [-0.2, 0) is 11.3 Å². The molecule has 0 radical (unpaired) electrons. The van der Waals surface area contributed by atoms with E-state index in [0.717, 1.165) is 10.9 Å². The van der Waals surface area contributed by atoms with Crippen LogP contribution in [0.5, 0.6) is 0 Å². The van der Waals surface area contributed by atoms with Gasteiger partial charge in [-0.3, -0.25) is 4.79 Å². The summed E-state index contributed by atoms with van der Waals surface area (Å²) in [6, 6.07) is 18.3. The Labute approximate surface area is 167 Å². The third-order valence-corrected chi connectivity index (χ3v) is 4.45. The molecule has 29 heavy (non-hydrogen) atoms. The van der Waals surface area contributed by atoms with Crippen LogP contribution in [0.3, 0.4) is 0 Å². The van der Waals surface area contributed by atoms with Gasteiger partial charge in [-0.2, -0.15) is 5.10 Å². The first kappa shape index (κ1) is 18.4. The first-order chi connectivity index (χ1) is 14.1. The maximum Gasteiger partial charge on any atom is 0.337 e. The number of pyridine rings is 1. The lowest BCUT2D eigenvalue weighted by atomic mass is 10.2. The van der Waals surface area contributed by atoms with E-state index in [0.29, 0.717) is 29.0 Å². The second-order valence-corrected chi connectivity index (χ2v) is 6.45. The highest BCUT2D eigenvalue weighted by atomic mass is 16.5. The molecule has 2 aromatic heterocycles. The smallest absolute Gasteiger partial charge is 0.337 e. The lowest BCUT2D eigenvalue weighted by molar-refractivity contribution is 0.0600. The fourth-order valence-corrected chi connectivity index (χ4v) is 3.01. The number of hydrogen-bond acceptors (Lipinski definition) is 5. The van der Waals surface area contributed by atoms with Crippen LogP contribution >= 0.6 is 0 Å². The summed E-state index contributed by atoms with van der Waals surface area (Å²) in [5.74, 6) is -0.785. The molecule has 4 aromatic rings. The van der Waals surface area contributed by atoms with Gasteiger partial charge in [-0.15, -0.1) is 0 Å². The fourth-order valence-electron chi connectivity index (χ4n) is 3.01. The fraction of sp³-hybridized carbons (Fsp3) is 0.0909. The molecule has 4 rings (SSSR count). The normalized spacial score (nSPS) is 10.7. The van der Waals surface area contributed by atoms with Gasteiger partial charge in [0.25, 0.3) is 5.91 Å². The zero-order valence-electron chi connectivity index (χ0n) is 15.7. The largest absolute Gasteiger partial charge is 0.465 e. The zero-order valence-corrected chi connectivity index (χ0v) is 15.7. The third-order valence-electron chi connectivity index (χ3n) is 4.45. The minimum absolute atomic E-state index is 0.322. The first-order valence-electron chi connectivity index (χ1n) is 8.99. The molecule has 7 heteroatoms. The number of nitrogens with zero attached hydrogens (tertiary/aromatic N) is 3. The summed E-state index contributed by atoms with van der Waals surface area (Å²) < 4.78 is 6.50. The Balaban J connectivity index is 1.54. The molecule has 0 fully saturated rings. The van der Waals surface area contributed by atoms with Crippen LogP contribution in [0.15, 0.2) is 73.1 Å². The highest BCUT2D eigenvalue weighted by molar-refractivity contribution is 6.06. The summed E-state index contributed by atoms with van der Waals surface area (Å²) in [4.78, 5) is 28.7. The maximum atomic E-state index is 12.6. The number of hydrogen-bond donors (Lipinski definition) is 1. The highest BCUT2D eigenvalue weighted by Crippen LogP contribution is 2.17. The van der Waals surface area contributed by atoms with Gasteiger partial charge >= 0.3 is 5.97 Å². The van der Waals surface area contributed by atoms with Gasteiger partial charge in [0.2, 0.25) is 0 Å². The first-order valence-corrected chi connectivity index (χ1v) is 8.99. The Morgan fingerprint density at radius 2 is 1.83 bits per heavy atom. The zero-order chi connectivity index (χ0) is 20.2. The average molecular weight is 386 g/mol. The second-order valence-electron chi connectivity index (χ2n) is 6.45. The van der Waals surface area contributed by atoms with E-state index in [-0.39, 0.29) is 5.91 Å². The number of aromatic nitrogens is 3. The van der Waals surface area contributed by atoms with Gasteiger partial charge in [0.05, 0.1) is 31.0 Å². The summed E-state index contributed by atoms with van der Waals surface area (Å²) in [5.41, 5.74) is 3.09. The van der Waals surface area contributed by atoms with E-state index in [4.69, 9.17) is 4.74 Å². The predicted octanol–water partition coefficient (Wildman–Crippen LogP) is 3.52. The van der Waals surface area contributed by atoms with Crippen molar-refractivity contribution in [2.24, 2.45) is 0 Å². The molecular weight excluding hydrogens is 368 g/mol. The topological polar surface area (TPSA) is 86.1 Å². The van der Waals surface area contributed by atoms with E-state index >= 15 is 0 Å². The molecule has 0 saturated heterocycles. The van der Waals surface area contributed by atoms with Crippen molar-refractivity contribution in [3.8, 4) is 0 Å². The number of nitrogens with one attached hydrogen (secondary N) is 1. The van der Waals surface area contributed by atoms with Crippen molar-refractivity contribution in [3.63, 3.8) is 0 Å². The number of rotatable bonds is 5. The molecule has 0 saturated carbocycles. The van der Waals surface area contributed by atoms with Gasteiger partial charge in [-0.25, -0.2) is 14.5 Å². The van der Waals surface area contributed by atoms with Crippen LogP contribution in [-0.4, -0.2) is 33.8 Å². The number of anilines is 1. The van der Waals surface area contributed by atoms with Crippen LogP contribution in [0.2, 0.25) is 0 Å². The molecule has 7 nitrogen and oxygen atoms in total. The van der Waals surface area contributed by atoms with E-state index in [1.165, 1.54) is 13.3 Å². The summed E-state index contributed by atoms with van der Waals surface area (Å²) >= 11 is 0. The molecule has 0 aliphatic carbocycles. The Morgan fingerprint density at radius 3 is 2.62 bits per heavy atom. The molecule has 0 aliphatic heterocycles. The van der Waals surface area contributed by atoms with Crippen molar-refractivity contribution in [1.82, 2.24) is 14.8 Å². The Hall–Kier alpha value is -4.00. The van der Waals surface area contributed by atoms with Crippen molar-refractivity contribution >= 4 is 28.6 Å². The number of benzene rings is 2. The summed E-state index contributed by atoms with van der Waals surface area (Å²) in [7, 11) is 1.31. The number of ether oxygens (including phenoxy) is 1. The molecule has 0 aliphatic rings. The summed E-state index contributed by atoms with van der Waals surface area (Å²) in [6.45, 7) is 0.600. The maximum absolute atomic E-state index is 12.6. The third kappa shape index (κ3) is 3.98. The number of carbonyl (C=O) groups excluding carboxylic acids is 2. The molecule has 0 unspecified atom stereocenters. The van der Waals surface area contributed by atoms with Gasteiger partial charge in [0.15, 0.2) is 5.65 Å². The average Bonchev–Trinajstić information content (AvgIpc) is 3.16. The van der Waals surface area contributed by atoms with Gasteiger partial charge in [-0.05, 0) is 29.8 Å². The molecule has 2 heterocycles. The monoisotopic (exact) mass is 386 g/mol. The van der Waals surface area contributed by atoms with Crippen molar-refractivity contribution in [3.05, 3.63) is 89.7 Å². The summed E-state index contributed by atoms with van der Waals surface area (Å²) in [6.07, 6.45) is 3.21. The van der Waals surface area contributed by atoms with Crippen LogP contribution in [0.1, 0.15) is 26.3 Å². The Morgan fingerprint density at radius 1 is 1.00 bits per heavy atom. The van der Waals surface area contributed by atoms with Gasteiger partial charge in [0.1, 0.15) is 0 Å². The molecule has 1 N–H and O–H groups in total. The number of esters is 1. The van der Waals surface area contributed by atoms with Crippen molar-refractivity contribution in [1.29, 1.82) is 0 Å². The van der Waals surface area contributed by atoms with Crippen LogP contribution < -0.4 is 5.32 Å². The van der Waals surface area contributed by atoms with Crippen molar-refractivity contribution < 1.29 is 14.3 Å². The highest BCUT2D eigenvalue weighted by Gasteiger charge is 2.12. The number of carbonyl (C=O) groups is 2. The lowest BCUT2D eigenvalue weighted by Crippen LogP contribution is -2.13. The SMILES string of the molecule is COC(=O)c1cccc(NC(=O)c2cnc3c(cnn3Cc3ccccc3)c2)c1. The van der Waals surface area contributed by atoms with E-state index in [9.17, 15) is 9.59 Å². The van der Waals surface area contributed by atoms with Crippen LogP contribution in [0.4, 0.5) is 5.69 Å².